The SMILES string of the molecule is C(=C\c1ccc2cc(N(c3ccccc3)c3ccccc3)ccc2c1)/c1ccc2cc(-c3ccc4ccccc4c3)ccc2c1. The molecule has 8 rings (SSSR count). The molecule has 0 radical (unpaired) electrons. The van der Waals surface area contributed by atoms with Crippen LogP contribution < -0.4 is 4.90 Å². The number of rotatable bonds is 6. The average Bonchev–Trinajstić information content (AvgIpc) is 3.11. The summed E-state index contributed by atoms with van der Waals surface area (Å²) in [5, 5.41) is 7.48. The molecule has 0 saturated heterocycles. The molecule has 0 aliphatic rings. The highest BCUT2D eigenvalue weighted by Crippen LogP contribution is 2.36. The zero-order valence-corrected chi connectivity index (χ0v) is 24.8. The van der Waals surface area contributed by atoms with Crippen LogP contribution in [0.1, 0.15) is 11.1 Å². The molecule has 0 aliphatic carbocycles. The van der Waals surface area contributed by atoms with E-state index < -0.39 is 0 Å². The number of para-hydroxylation sites is 2. The molecule has 0 amide bonds. The van der Waals surface area contributed by atoms with Crippen molar-refractivity contribution in [3.63, 3.8) is 0 Å². The highest BCUT2D eigenvalue weighted by Gasteiger charge is 2.12. The van der Waals surface area contributed by atoms with Crippen molar-refractivity contribution in [1.82, 2.24) is 0 Å². The maximum atomic E-state index is 2.30. The van der Waals surface area contributed by atoms with Gasteiger partial charge in [0, 0.05) is 17.1 Å². The van der Waals surface area contributed by atoms with E-state index in [-0.39, 0.29) is 0 Å². The minimum Gasteiger partial charge on any atom is -0.310 e. The van der Waals surface area contributed by atoms with Gasteiger partial charge in [0.2, 0.25) is 0 Å². The Kier molecular flexibility index (Phi) is 6.90. The minimum atomic E-state index is 1.14. The maximum absolute atomic E-state index is 2.30. The monoisotopic (exact) mass is 573 g/mol. The lowest BCUT2D eigenvalue weighted by Crippen LogP contribution is -2.09. The van der Waals surface area contributed by atoms with Crippen LogP contribution in [-0.2, 0) is 0 Å². The number of nitrogens with zero attached hydrogens (tertiary/aromatic N) is 1. The van der Waals surface area contributed by atoms with Crippen molar-refractivity contribution in [2.75, 3.05) is 4.90 Å². The fraction of sp³-hybridized carbons (Fsp3) is 0. The fourth-order valence-corrected chi connectivity index (χ4v) is 6.20. The van der Waals surface area contributed by atoms with Crippen LogP contribution >= 0.6 is 0 Å². The summed E-state index contributed by atoms with van der Waals surface area (Å²) in [6.07, 6.45) is 4.41. The Bertz CT molecular complexity index is 2280. The molecule has 0 N–H and O–H groups in total. The number of benzene rings is 8. The molecule has 0 aliphatic heterocycles. The van der Waals surface area contributed by atoms with Crippen LogP contribution in [0.25, 0.3) is 55.6 Å². The molecule has 8 aromatic carbocycles. The standard InChI is InChI=1S/C44H31N/c1-3-11-42(12-4-1)45(43-13-5-2-6-14-43)44-26-25-37-28-33(18-20-41(37)31-44)16-15-32-17-19-38-30-40(24-23-36(38)27-32)39-22-21-34-9-7-8-10-35(34)29-39/h1-31H/b16-15+. The van der Waals surface area contributed by atoms with E-state index in [0.29, 0.717) is 0 Å². The first-order valence-corrected chi connectivity index (χ1v) is 15.4. The second-order valence-electron chi connectivity index (χ2n) is 11.5. The quantitative estimate of drug-likeness (QED) is 0.179. The number of hydrogen-bond donors (Lipinski definition) is 0. The third-order valence-corrected chi connectivity index (χ3v) is 8.55. The second kappa shape index (κ2) is 11.6. The molecule has 0 aromatic heterocycles. The zero-order valence-electron chi connectivity index (χ0n) is 24.8. The molecule has 0 bridgehead atoms. The summed E-state index contributed by atoms with van der Waals surface area (Å²) in [7, 11) is 0. The average molecular weight is 574 g/mol. The number of fused-ring (bicyclic) bond motifs is 3. The molecule has 1 nitrogen and oxygen atoms in total. The van der Waals surface area contributed by atoms with Crippen LogP contribution in [-0.4, -0.2) is 0 Å². The van der Waals surface area contributed by atoms with Gasteiger partial charge in [-0.3, -0.25) is 0 Å². The fourth-order valence-electron chi connectivity index (χ4n) is 6.20. The van der Waals surface area contributed by atoms with E-state index in [9.17, 15) is 0 Å². The maximum Gasteiger partial charge on any atom is 0.0468 e. The van der Waals surface area contributed by atoms with E-state index in [1.54, 1.807) is 0 Å². The summed E-state index contributed by atoms with van der Waals surface area (Å²) in [5.74, 6) is 0. The van der Waals surface area contributed by atoms with Crippen LogP contribution in [0.5, 0.6) is 0 Å². The molecule has 45 heavy (non-hydrogen) atoms. The van der Waals surface area contributed by atoms with Gasteiger partial charge in [0.1, 0.15) is 0 Å². The second-order valence-corrected chi connectivity index (χ2v) is 11.5. The van der Waals surface area contributed by atoms with E-state index in [2.05, 4.69) is 193 Å². The molecule has 0 heterocycles. The third-order valence-electron chi connectivity index (χ3n) is 8.55. The molecule has 0 atom stereocenters. The predicted molar refractivity (Wildman–Crippen MR) is 194 cm³/mol. The van der Waals surface area contributed by atoms with Crippen LogP contribution in [0.4, 0.5) is 17.1 Å². The van der Waals surface area contributed by atoms with Crippen molar-refractivity contribution >= 4 is 61.5 Å². The van der Waals surface area contributed by atoms with Gasteiger partial charge in [-0.05, 0) is 115 Å². The Morgan fingerprint density at radius 3 is 1.31 bits per heavy atom. The lowest BCUT2D eigenvalue weighted by atomic mass is 9.98. The van der Waals surface area contributed by atoms with Gasteiger partial charge in [-0.2, -0.15) is 0 Å². The van der Waals surface area contributed by atoms with Gasteiger partial charge < -0.3 is 4.90 Å². The molecule has 0 spiro atoms. The Hall–Kier alpha value is -5.92. The van der Waals surface area contributed by atoms with Gasteiger partial charge in [0.15, 0.2) is 0 Å². The highest BCUT2D eigenvalue weighted by atomic mass is 15.1. The molecular weight excluding hydrogens is 542 g/mol. The summed E-state index contributed by atoms with van der Waals surface area (Å²) < 4.78 is 0. The topological polar surface area (TPSA) is 3.24 Å². The van der Waals surface area contributed by atoms with Gasteiger partial charge in [0.25, 0.3) is 0 Å². The predicted octanol–water partition coefficient (Wildman–Crippen LogP) is 12.5. The summed E-state index contributed by atoms with van der Waals surface area (Å²) in [6.45, 7) is 0. The largest absolute Gasteiger partial charge is 0.310 e. The Labute approximate surface area is 264 Å². The Balaban J connectivity index is 1.05. The molecule has 0 saturated carbocycles. The Morgan fingerprint density at radius 2 is 0.711 bits per heavy atom. The highest BCUT2D eigenvalue weighted by molar-refractivity contribution is 5.94. The van der Waals surface area contributed by atoms with Crippen molar-refractivity contribution in [2.24, 2.45) is 0 Å². The Morgan fingerprint density at radius 1 is 0.289 bits per heavy atom. The van der Waals surface area contributed by atoms with E-state index in [4.69, 9.17) is 0 Å². The molecule has 8 aromatic rings. The summed E-state index contributed by atoms with van der Waals surface area (Å²) in [4.78, 5) is 2.30. The molecular formula is C44H31N. The van der Waals surface area contributed by atoms with Crippen molar-refractivity contribution in [2.45, 2.75) is 0 Å². The normalized spacial score (nSPS) is 11.5. The number of anilines is 3. The van der Waals surface area contributed by atoms with Crippen molar-refractivity contribution in [1.29, 1.82) is 0 Å². The molecule has 212 valence electrons. The van der Waals surface area contributed by atoms with E-state index in [0.717, 1.165) is 17.1 Å². The van der Waals surface area contributed by atoms with Gasteiger partial charge in [0.05, 0.1) is 0 Å². The van der Waals surface area contributed by atoms with Gasteiger partial charge in [-0.1, -0.05) is 127 Å². The first-order valence-electron chi connectivity index (χ1n) is 15.4. The molecule has 0 fully saturated rings. The van der Waals surface area contributed by atoms with Crippen molar-refractivity contribution < 1.29 is 0 Å². The van der Waals surface area contributed by atoms with Crippen LogP contribution in [0.3, 0.4) is 0 Å². The zero-order chi connectivity index (χ0) is 30.0. The van der Waals surface area contributed by atoms with Crippen molar-refractivity contribution in [3.05, 3.63) is 187 Å². The third kappa shape index (κ3) is 5.48. The van der Waals surface area contributed by atoms with E-state index in [1.165, 1.54) is 54.6 Å². The van der Waals surface area contributed by atoms with Crippen LogP contribution in [0.2, 0.25) is 0 Å². The minimum absolute atomic E-state index is 1.14. The lowest BCUT2D eigenvalue weighted by molar-refractivity contribution is 1.29. The molecule has 1 heteroatoms. The first-order chi connectivity index (χ1) is 22.3. The summed E-state index contributed by atoms with van der Waals surface area (Å²) in [5.41, 5.74) is 8.29. The van der Waals surface area contributed by atoms with Crippen LogP contribution in [0.15, 0.2) is 176 Å². The van der Waals surface area contributed by atoms with E-state index in [1.807, 2.05) is 0 Å². The molecule has 0 unspecified atom stereocenters. The smallest absolute Gasteiger partial charge is 0.0468 e. The van der Waals surface area contributed by atoms with Gasteiger partial charge >= 0.3 is 0 Å². The van der Waals surface area contributed by atoms with Gasteiger partial charge in [-0.15, -0.1) is 0 Å². The van der Waals surface area contributed by atoms with Crippen molar-refractivity contribution in [3.8, 4) is 11.1 Å². The van der Waals surface area contributed by atoms with Gasteiger partial charge in [-0.25, -0.2) is 0 Å². The van der Waals surface area contributed by atoms with E-state index >= 15 is 0 Å². The summed E-state index contributed by atoms with van der Waals surface area (Å²) in [6, 6.07) is 63.2. The van der Waals surface area contributed by atoms with Crippen LogP contribution in [0, 0.1) is 0 Å². The first kappa shape index (κ1) is 26.7. The lowest BCUT2D eigenvalue weighted by Gasteiger charge is -2.25. The number of hydrogen-bond acceptors (Lipinski definition) is 1. The summed E-state index contributed by atoms with van der Waals surface area (Å²) >= 11 is 0.